The van der Waals surface area contributed by atoms with Gasteiger partial charge < -0.3 is 5.73 Å². The molecule has 0 saturated carbocycles. The van der Waals surface area contributed by atoms with Crippen molar-refractivity contribution in [2.75, 3.05) is 6.54 Å². The van der Waals surface area contributed by atoms with Crippen molar-refractivity contribution in [1.82, 2.24) is 0 Å². The highest BCUT2D eigenvalue weighted by Gasteiger charge is 1.91. The lowest BCUT2D eigenvalue weighted by Gasteiger charge is -2.00. The molecule has 0 rings (SSSR count). The Kier molecular flexibility index (Phi) is 13.2. The Morgan fingerprint density at radius 1 is 0.824 bits per heavy atom. The van der Waals surface area contributed by atoms with Gasteiger partial charge in [-0.05, 0) is 53.4 Å². The van der Waals surface area contributed by atoms with Gasteiger partial charge in [0.1, 0.15) is 0 Å². The van der Waals surface area contributed by atoms with E-state index in [0.717, 1.165) is 12.8 Å². The molecule has 0 atom stereocenters. The van der Waals surface area contributed by atoms with Crippen LogP contribution < -0.4 is 5.73 Å². The molecule has 0 aromatic rings. The molecule has 0 heterocycles. The fourth-order valence-electron chi connectivity index (χ4n) is 1.54. The predicted octanol–water partition coefficient (Wildman–Crippen LogP) is 4.79. The highest BCUT2D eigenvalue weighted by Crippen LogP contribution is 2.10. The van der Waals surface area contributed by atoms with Crippen molar-refractivity contribution >= 4 is 12.4 Å². The van der Waals surface area contributed by atoms with Gasteiger partial charge in [-0.1, -0.05) is 34.9 Å². The molecule has 0 aromatic carbocycles. The third kappa shape index (κ3) is 13.4. The summed E-state index contributed by atoms with van der Waals surface area (Å²) in [6.07, 6.45) is 11.4. The van der Waals surface area contributed by atoms with E-state index in [1.54, 1.807) is 0 Å². The molecule has 0 saturated heterocycles. The lowest BCUT2D eigenvalue weighted by molar-refractivity contribution is 0.914. The van der Waals surface area contributed by atoms with Gasteiger partial charge in [-0.3, -0.25) is 0 Å². The second-order valence-electron chi connectivity index (χ2n) is 4.70. The average Bonchev–Trinajstić information content (AvgIpc) is 2.17. The highest BCUT2D eigenvalue weighted by atomic mass is 35.5. The normalized spacial score (nSPS) is 12.1. The molecule has 17 heavy (non-hydrogen) atoms. The molecule has 0 aromatic heterocycles. The van der Waals surface area contributed by atoms with Gasteiger partial charge in [0.25, 0.3) is 0 Å². The van der Waals surface area contributed by atoms with Crippen molar-refractivity contribution in [3.05, 3.63) is 34.9 Å². The molecule has 0 aliphatic carbocycles. The Hall–Kier alpha value is -0.530. The Bertz CT molecular complexity index is 271. The van der Waals surface area contributed by atoms with Crippen LogP contribution in [0.4, 0.5) is 0 Å². The number of allylic oxidation sites excluding steroid dienone is 5. The molecule has 0 aliphatic heterocycles. The van der Waals surface area contributed by atoms with Crippen molar-refractivity contribution < 1.29 is 0 Å². The van der Waals surface area contributed by atoms with Gasteiger partial charge in [-0.25, -0.2) is 0 Å². The van der Waals surface area contributed by atoms with Crippen LogP contribution in [0.15, 0.2) is 34.9 Å². The quantitative estimate of drug-likeness (QED) is 0.653. The van der Waals surface area contributed by atoms with E-state index in [1.807, 2.05) is 0 Å². The van der Waals surface area contributed by atoms with Crippen LogP contribution in [0, 0.1) is 0 Å². The molecule has 100 valence electrons. The molecule has 2 N–H and O–H groups in total. The summed E-state index contributed by atoms with van der Waals surface area (Å²) in [5, 5.41) is 0. The first-order valence-electron chi connectivity index (χ1n) is 6.21. The number of rotatable bonds is 7. The van der Waals surface area contributed by atoms with Crippen LogP contribution in [0.1, 0.15) is 53.4 Å². The van der Waals surface area contributed by atoms with Crippen LogP contribution in [0.2, 0.25) is 0 Å². The van der Waals surface area contributed by atoms with E-state index in [4.69, 9.17) is 5.73 Å². The van der Waals surface area contributed by atoms with Crippen LogP contribution in [0.5, 0.6) is 0 Å². The fourth-order valence-corrected chi connectivity index (χ4v) is 1.54. The van der Waals surface area contributed by atoms with Crippen LogP contribution in [-0.2, 0) is 0 Å². The molecule has 0 unspecified atom stereocenters. The van der Waals surface area contributed by atoms with Crippen LogP contribution >= 0.6 is 12.4 Å². The maximum Gasteiger partial charge on any atom is 0.0109 e. The van der Waals surface area contributed by atoms with Crippen LogP contribution in [0.25, 0.3) is 0 Å². The molecule has 1 nitrogen and oxygen atoms in total. The van der Waals surface area contributed by atoms with Crippen molar-refractivity contribution in [3.63, 3.8) is 0 Å². The Morgan fingerprint density at radius 2 is 1.29 bits per heavy atom. The predicted molar refractivity (Wildman–Crippen MR) is 81.7 cm³/mol. The van der Waals surface area contributed by atoms with Gasteiger partial charge in [-0.2, -0.15) is 0 Å². The largest absolute Gasteiger partial charge is 0.327 e. The summed E-state index contributed by atoms with van der Waals surface area (Å²) < 4.78 is 0. The summed E-state index contributed by atoms with van der Waals surface area (Å²) >= 11 is 0. The van der Waals surface area contributed by atoms with Gasteiger partial charge in [0.15, 0.2) is 0 Å². The summed E-state index contributed by atoms with van der Waals surface area (Å²) in [6, 6.07) is 0. The third-order valence-electron chi connectivity index (χ3n) is 2.59. The number of nitrogens with two attached hydrogens (primary N) is 1. The van der Waals surface area contributed by atoms with E-state index in [-0.39, 0.29) is 12.4 Å². The van der Waals surface area contributed by atoms with Gasteiger partial charge in [0.05, 0.1) is 0 Å². The zero-order valence-electron chi connectivity index (χ0n) is 11.8. The number of halogens is 1. The highest BCUT2D eigenvalue weighted by molar-refractivity contribution is 5.85. The second kappa shape index (κ2) is 11.9. The third-order valence-corrected chi connectivity index (χ3v) is 2.59. The first-order valence-corrected chi connectivity index (χ1v) is 6.21. The van der Waals surface area contributed by atoms with E-state index in [2.05, 4.69) is 45.9 Å². The minimum atomic E-state index is 0. The zero-order valence-corrected chi connectivity index (χ0v) is 12.6. The lowest BCUT2D eigenvalue weighted by atomic mass is 10.1. The summed E-state index contributed by atoms with van der Waals surface area (Å²) in [5.41, 5.74) is 9.77. The van der Waals surface area contributed by atoms with Crippen LogP contribution in [0.3, 0.4) is 0 Å². The topological polar surface area (TPSA) is 26.0 Å². The summed E-state index contributed by atoms with van der Waals surface area (Å²) in [4.78, 5) is 0. The molecule has 0 bridgehead atoms. The van der Waals surface area contributed by atoms with Crippen molar-refractivity contribution in [3.8, 4) is 0 Å². The molecule has 0 spiro atoms. The van der Waals surface area contributed by atoms with Gasteiger partial charge in [-0.15, -0.1) is 12.4 Å². The minimum absolute atomic E-state index is 0. The SMILES string of the molecule is CC(C)=CCCC(C)=CCCC(C)=CCN.Cl. The minimum Gasteiger partial charge on any atom is -0.327 e. The first-order chi connectivity index (χ1) is 7.56. The van der Waals surface area contributed by atoms with E-state index >= 15 is 0 Å². The maximum atomic E-state index is 5.46. The van der Waals surface area contributed by atoms with Crippen molar-refractivity contribution in [1.29, 1.82) is 0 Å². The summed E-state index contributed by atoms with van der Waals surface area (Å²) in [7, 11) is 0. The van der Waals surface area contributed by atoms with E-state index in [0.29, 0.717) is 6.54 Å². The molecule has 0 aliphatic rings. The molecule has 2 heteroatoms. The molecule has 0 radical (unpaired) electrons. The van der Waals surface area contributed by atoms with Crippen molar-refractivity contribution in [2.24, 2.45) is 5.73 Å². The van der Waals surface area contributed by atoms with Gasteiger partial charge >= 0.3 is 0 Å². The molecule has 0 amide bonds. The van der Waals surface area contributed by atoms with E-state index in [9.17, 15) is 0 Å². The smallest absolute Gasteiger partial charge is 0.0109 e. The van der Waals surface area contributed by atoms with Crippen LogP contribution in [-0.4, -0.2) is 6.54 Å². The maximum absolute atomic E-state index is 5.46. The lowest BCUT2D eigenvalue weighted by Crippen LogP contribution is -1.94. The Morgan fingerprint density at radius 3 is 1.76 bits per heavy atom. The van der Waals surface area contributed by atoms with E-state index < -0.39 is 0 Å². The Labute approximate surface area is 113 Å². The number of hydrogen-bond donors (Lipinski definition) is 1. The monoisotopic (exact) mass is 257 g/mol. The zero-order chi connectivity index (χ0) is 12.4. The van der Waals surface area contributed by atoms with Crippen molar-refractivity contribution in [2.45, 2.75) is 53.4 Å². The van der Waals surface area contributed by atoms with Gasteiger partial charge in [0, 0.05) is 6.54 Å². The fraction of sp³-hybridized carbons (Fsp3) is 0.600. The average molecular weight is 258 g/mol. The molecular formula is C15H28ClN. The van der Waals surface area contributed by atoms with Gasteiger partial charge in [0.2, 0.25) is 0 Å². The molecule has 0 fully saturated rings. The molecular weight excluding hydrogens is 230 g/mol. The summed E-state index contributed by atoms with van der Waals surface area (Å²) in [5.74, 6) is 0. The summed E-state index contributed by atoms with van der Waals surface area (Å²) in [6.45, 7) is 9.34. The Balaban J connectivity index is 0. The second-order valence-corrected chi connectivity index (χ2v) is 4.70. The number of hydrogen-bond acceptors (Lipinski definition) is 1. The first kappa shape index (κ1) is 18.8. The standard InChI is InChI=1S/C15H27N.ClH/c1-13(2)7-5-8-14(3)9-6-10-15(4)11-12-16;/h7,9,11H,5-6,8,10,12,16H2,1-4H3;1H. The van der Waals surface area contributed by atoms with E-state index in [1.165, 1.54) is 29.6 Å².